The quantitative estimate of drug-likeness (QED) is 0.763. The van der Waals surface area contributed by atoms with Crippen molar-refractivity contribution in [1.82, 2.24) is 15.5 Å². The first-order valence-corrected chi connectivity index (χ1v) is 10.3. The lowest BCUT2D eigenvalue weighted by molar-refractivity contribution is -0.139. The third kappa shape index (κ3) is 4.73. The molecule has 2 amide bonds. The summed E-state index contributed by atoms with van der Waals surface area (Å²) in [5.74, 6) is -0.370. The minimum atomic E-state index is -0.505. The topological polar surface area (TPSA) is 70.7 Å². The van der Waals surface area contributed by atoms with E-state index in [1.165, 1.54) is 12.8 Å². The molecule has 0 saturated carbocycles. The number of esters is 1. The van der Waals surface area contributed by atoms with Gasteiger partial charge >= 0.3 is 12.0 Å². The van der Waals surface area contributed by atoms with Gasteiger partial charge in [-0.25, -0.2) is 9.59 Å². The molecule has 0 radical (unpaired) electrons. The largest absolute Gasteiger partial charge is 0.463 e. The molecule has 1 saturated heterocycles. The van der Waals surface area contributed by atoms with Crippen LogP contribution < -0.4 is 10.6 Å². The first-order valence-electron chi connectivity index (χ1n) is 10.3. The lowest BCUT2D eigenvalue weighted by Gasteiger charge is -2.32. The number of hydrogen-bond donors (Lipinski definition) is 2. The third-order valence-electron chi connectivity index (χ3n) is 5.48. The Kier molecular flexibility index (Phi) is 6.73. The van der Waals surface area contributed by atoms with Crippen molar-refractivity contribution < 1.29 is 14.3 Å². The van der Waals surface area contributed by atoms with Crippen molar-refractivity contribution >= 4 is 12.0 Å². The molecular weight excluding hydrogens is 354 g/mol. The molecule has 3 rings (SSSR count). The Morgan fingerprint density at radius 2 is 1.89 bits per heavy atom. The highest BCUT2D eigenvalue weighted by atomic mass is 16.5. The van der Waals surface area contributed by atoms with Gasteiger partial charge in [0.05, 0.1) is 18.2 Å². The Morgan fingerprint density at radius 3 is 2.57 bits per heavy atom. The normalized spacial score (nSPS) is 21.0. The highest BCUT2D eigenvalue weighted by molar-refractivity contribution is 5.95. The standard InChI is InChI=1S/C22H31N3O3/c1-4-28-21(26)19-18(14-25-11-7-5-6-8-12-25)23-22(27)24-20(19)17-13-15(2)9-10-16(17)3/h9-10,13,20H,4-8,11-12,14H2,1-3H3,(H2,23,24,27)/t20-/m1/s1. The van der Waals surface area contributed by atoms with E-state index in [2.05, 4.69) is 15.5 Å². The van der Waals surface area contributed by atoms with Crippen molar-refractivity contribution in [3.05, 3.63) is 46.2 Å². The molecule has 2 heterocycles. The predicted molar refractivity (Wildman–Crippen MR) is 109 cm³/mol. The van der Waals surface area contributed by atoms with Crippen LogP contribution in [0.15, 0.2) is 29.5 Å². The zero-order valence-corrected chi connectivity index (χ0v) is 17.1. The SMILES string of the molecule is CCOC(=O)C1=C(CN2CCCCCC2)NC(=O)N[C@@H]1c1cc(C)ccc1C. The zero-order valence-electron chi connectivity index (χ0n) is 17.1. The summed E-state index contributed by atoms with van der Waals surface area (Å²) < 4.78 is 5.38. The molecule has 0 unspecified atom stereocenters. The van der Waals surface area contributed by atoms with E-state index >= 15 is 0 Å². The van der Waals surface area contributed by atoms with E-state index in [1.807, 2.05) is 32.0 Å². The van der Waals surface area contributed by atoms with E-state index in [0.29, 0.717) is 24.4 Å². The molecule has 0 bridgehead atoms. The molecule has 0 aromatic heterocycles. The van der Waals surface area contributed by atoms with Crippen LogP contribution in [-0.2, 0) is 9.53 Å². The van der Waals surface area contributed by atoms with Gasteiger partial charge in [0, 0.05) is 12.2 Å². The fourth-order valence-electron chi connectivity index (χ4n) is 4.01. The number of ether oxygens (including phenoxy) is 1. The van der Waals surface area contributed by atoms with Gasteiger partial charge in [-0.05, 0) is 57.8 Å². The fraction of sp³-hybridized carbons (Fsp3) is 0.545. The summed E-state index contributed by atoms with van der Waals surface area (Å²) in [6, 6.07) is 5.32. The predicted octanol–water partition coefficient (Wildman–Crippen LogP) is 3.35. The molecule has 152 valence electrons. The second-order valence-electron chi connectivity index (χ2n) is 7.69. The van der Waals surface area contributed by atoms with Gasteiger partial charge in [0.15, 0.2) is 0 Å². The van der Waals surface area contributed by atoms with Crippen LogP contribution in [0.1, 0.15) is 55.3 Å². The van der Waals surface area contributed by atoms with Crippen molar-refractivity contribution in [2.45, 2.75) is 52.5 Å². The number of nitrogens with zero attached hydrogens (tertiary/aromatic N) is 1. The number of hydrogen-bond acceptors (Lipinski definition) is 4. The average Bonchev–Trinajstić information content (AvgIpc) is 2.92. The second kappa shape index (κ2) is 9.24. The van der Waals surface area contributed by atoms with Crippen LogP contribution in [0.4, 0.5) is 4.79 Å². The van der Waals surface area contributed by atoms with E-state index in [-0.39, 0.29) is 12.0 Å². The van der Waals surface area contributed by atoms with Crippen molar-refractivity contribution in [2.75, 3.05) is 26.2 Å². The number of carbonyl (C=O) groups is 2. The molecule has 2 N–H and O–H groups in total. The molecule has 0 spiro atoms. The van der Waals surface area contributed by atoms with E-state index in [9.17, 15) is 9.59 Å². The van der Waals surface area contributed by atoms with Crippen LogP contribution in [-0.4, -0.2) is 43.1 Å². The van der Waals surface area contributed by atoms with Crippen molar-refractivity contribution in [1.29, 1.82) is 0 Å². The van der Waals surface area contributed by atoms with E-state index in [0.717, 1.165) is 42.6 Å². The second-order valence-corrected chi connectivity index (χ2v) is 7.69. The number of nitrogens with one attached hydrogen (secondary N) is 2. The highest BCUT2D eigenvalue weighted by Crippen LogP contribution is 2.31. The van der Waals surface area contributed by atoms with Gasteiger partial charge in [0.2, 0.25) is 0 Å². The highest BCUT2D eigenvalue weighted by Gasteiger charge is 2.35. The third-order valence-corrected chi connectivity index (χ3v) is 5.48. The van der Waals surface area contributed by atoms with Gasteiger partial charge in [-0.2, -0.15) is 0 Å². The summed E-state index contributed by atoms with van der Waals surface area (Å²) in [5.41, 5.74) is 4.24. The Bertz CT molecular complexity index is 764. The molecule has 1 atom stereocenters. The first-order chi connectivity index (χ1) is 13.5. The Hall–Kier alpha value is -2.34. The Labute approximate surface area is 167 Å². The summed E-state index contributed by atoms with van der Waals surface area (Å²) in [5, 5.41) is 5.84. The molecule has 2 aliphatic heterocycles. The molecule has 28 heavy (non-hydrogen) atoms. The van der Waals surface area contributed by atoms with Gasteiger partial charge in [0.1, 0.15) is 0 Å². The maximum atomic E-state index is 12.9. The number of aryl methyl sites for hydroxylation is 2. The smallest absolute Gasteiger partial charge is 0.338 e. The van der Waals surface area contributed by atoms with Gasteiger partial charge < -0.3 is 15.4 Å². The minimum absolute atomic E-state index is 0.274. The van der Waals surface area contributed by atoms with E-state index in [4.69, 9.17) is 4.74 Å². The maximum Gasteiger partial charge on any atom is 0.338 e. The fourth-order valence-corrected chi connectivity index (χ4v) is 4.01. The number of rotatable bonds is 5. The first kappa shape index (κ1) is 20.4. The number of urea groups is 1. The summed E-state index contributed by atoms with van der Waals surface area (Å²) in [7, 11) is 0. The van der Waals surface area contributed by atoms with Gasteiger partial charge in [-0.15, -0.1) is 0 Å². The van der Waals surface area contributed by atoms with Crippen LogP contribution in [0.2, 0.25) is 0 Å². The zero-order chi connectivity index (χ0) is 20.1. The lowest BCUT2D eigenvalue weighted by Crippen LogP contribution is -2.48. The molecule has 0 aliphatic carbocycles. The van der Waals surface area contributed by atoms with Crippen LogP contribution in [0.3, 0.4) is 0 Å². The average molecular weight is 386 g/mol. The summed E-state index contributed by atoms with van der Waals surface area (Å²) in [6.07, 6.45) is 4.77. The van der Waals surface area contributed by atoms with Crippen LogP contribution in [0.5, 0.6) is 0 Å². The Balaban J connectivity index is 2.02. The van der Waals surface area contributed by atoms with Crippen LogP contribution in [0, 0.1) is 13.8 Å². The number of amides is 2. The molecule has 6 nitrogen and oxygen atoms in total. The van der Waals surface area contributed by atoms with Crippen molar-refractivity contribution in [3.63, 3.8) is 0 Å². The number of benzene rings is 1. The maximum absolute atomic E-state index is 12.9. The van der Waals surface area contributed by atoms with Crippen LogP contribution >= 0.6 is 0 Å². The summed E-state index contributed by atoms with van der Waals surface area (Å²) in [6.45, 7) is 8.64. The molecule has 2 aliphatic rings. The number of likely N-dealkylation sites (tertiary alicyclic amines) is 1. The number of carbonyl (C=O) groups excluding carboxylic acids is 2. The molecule has 6 heteroatoms. The molecule has 1 aromatic carbocycles. The minimum Gasteiger partial charge on any atom is -0.463 e. The van der Waals surface area contributed by atoms with Gasteiger partial charge in [-0.3, -0.25) is 4.90 Å². The monoisotopic (exact) mass is 385 g/mol. The van der Waals surface area contributed by atoms with Crippen LogP contribution in [0.25, 0.3) is 0 Å². The Morgan fingerprint density at radius 1 is 1.18 bits per heavy atom. The lowest BCUT2D eigenvalue weighted by atomic mass is 9.91. The molecule has 1 fully saturated rings. The molecule has 1 aromatic rings. The van der Waals surface area contributed by atoms with Gasteiger partial charge in [-0.1, -0.05) is 36.6 Å². The molecular formula is C22H31N3O3. The van der Waals surface area contributed by atoms with Crippen molar-refractivity contribution in [3.8, 4) is 0 Å². The van der Waals surface area contributed by atoms with E-state index in [1.54, 1.807) is 6.92 Å². The van der Waals surface area contributed by atoms with Gasteiger partial charge in [0.25, 0.3) is 0 Å². The summed E-state index contributed by atoms with van der Waals surface area (Å²) in [4.78, 5) is 27.7. The van der Waals surface area contributed by atoms with Crippen molar-refractivity contribution in [2.24, 2.45) is 0 Å². The summed E-state index contributed by atoms with van der Waals surface area (Å²) >= 11 is 0. The van der Waals surface area contributed by atoms with E-state index < -0.39 is 6.04 Å².